The summed E-state index contributed by atoms with van der Waals surface area (Å²) in [6, 6.07) is 6.96. The monoisotopic (exact) mass is 384 g/mol. The van der Waals surface area contributed by atoms with Gasteiger partial charge in [0.15, 0.2) is 6.61 Å². The third-order valence-corrected chi connectivity index (χ3v) is 4.44. The molecule has 1 N–H and O–H groups in total. The number of aromatic nitrogens is 5. The average molecular weight is 384 g/mol. The van der Waals surface area contributed by atoms with E-state index in [-0.39, 0.29) is 18.5 Å². The fourth-order valence-corrected chi connectivity index (χ4v) is 2.99. The highest BCUT2D eigenvalue weighted by Gasteiger charge is 2.19. The number of carbonyl (C=O) groups is 1. The summed E-state index contributed by atoms with van der Waals surface area (Å²) in [5.74, 6) is 1.05. The maximum absolute atomic E-state index is 11.6. The molecule has 0 spiro atoms. The number of rotatable bonds is 6. The van der Waals surface area contributed by atoms with Gasteiger partial charge in [0.1, 0.15) is 12.1 Å². The van der Waals surface area contributed by atoms with Crippen molar-refractivity contribution in [1.82, 2.24) is 30.2 Å². The van der Waals surface area contributed by atoms with Crippen LogP contribution in [0.4, 0.5) is 0 Å². The molecule has 10 nitrogen and oxygen atoms in total. The van der Waals surface area contributed by atoms with Crippen molar-refractivity contribution >= 4 is 5.97 Å². The Morgan fingerprint density at radius 3 is 3.18 bits per heavy atom. The number of nitrogens with one attached hydrogen (secondary N) is 1. The van der Waals surface area contributed by atoms with Gasteiger partial charge in [0.05, 0.1) is 18.7 Å². The Labute approximate surface area is 160 Å². The van der Waals surface area contributed by atoms with Gasteiger partial charge in [-0.05, 0) is 37.6 Å². The molecule has 0 radical (unpaired) electrons. The minimum Gasteiger partial charge on any atom is -0.485 e. The minimum atomic E-state index is -0.429. The molecule has 3 aromatic rings. The first-order valence-electron chi connectivity index (χ1n) is 8.99. The summed E-state index contributed by atoms with van der Waals surface area (Å²) >= 11 is 0. The fourth-order valence-electron chi connectivity index (χ4n) is 2.99. The number of methoxy groups -OCH3 is 1. The van der Waals surface area contributed by atoms with E-state index in [1.807, 2.05) is 4.68 Å². The van der Waals surface area contributed by atoms with Crippen molar-refractivity contribution in [1.29, 1.82) is 0 Å². The Kier molecular flexibility index (Phi) is 5.29. The first-order valence-corrected chi connectivity index (χ1v) is 8.99. The van der Waals surface area contributed by atoms with E-state index < -0.39 is 5.97 Å². The number of hydrogen-bond donors (Lipinski definition) is 1. The van der Waals surface area contributed by atoms with Gasteiger partial charge >= 0.3 is 5.97 Å². The molecule has 28 heavy (non-hydrogen) atoms. The summed E-state index contributed by atoms with van der Waals surface area (Å²) in [5.41, 5.74) is 0.403. The molecule has 3 heterocycles. The fraction of sp³-hybridized carbons (Fsp3) is 0.389. The first kappa shape index (κ1) is 18.1. The predicted octanol–water partition coefficient (Wildman–Crippen LogP) is 1.62. The zero-order valence-corrected chi connectivity index (χ0v) is 15.4. The van der Waals surface area contributed by atoms with Gasteiger partial charge in [-0.2, -0.15) is 4.98 Å². The van der Waals surface area contributed by atoms with Crippen LogP contribution < -0.4 is 10.1 Å². The van der Waals surface area contributed by atoms with E-state index in [9.17, 15) is 4.79 Å². The van der Waals surface area contributed by atoms with Gasteiger partial charge in [0.25, 0.3) is 5.89 Å². The van der Waals surface area contributed by atoms with Crippen molar-refractivity contribution in [3.63, 3.8) is 0 Å². The molecule has 0 amide bonds. The van der Waals surface area contributed by atoms with Gasteiger partial charge in [-0.3, -0.25) is 0 Å². The second kappa shape index (κ2) is 8.17. The summed E-state index contributed by atoms with van der Waals surface area (Å²) in [6.07, 6.45) is 3.86. The van der Waals surface area contributed by atoms with Gasteiger partial charge in [0.2, 0.25) is 11.6 Å². The Morgan fingerprint density at radius 1 is 1.43 bits per heavy atom. The van der Waals surface area contributed by atoms with Crippen LogP contribution in [-0.4, -0.2) is 51.1 Å². The molecule has 1 aliphatic rings. The summed E-state index contributed by atoms with van der Waals surface area (Å²) < 4.78 is 17.4. The lowest BCUT2D eigenvalue weighted by molar-refractivity contribution is 0.0600. The van der Waals surface area contributed by atoms with Crippen molar-refractivity contribution in [2.75, 3.05) is 20.2 Å². The summed E-state index contributed by atoms with van der Waals surface area (Å²) in [5, 5.41) is 11.7. The highest BCUT2D eigenvalue weighted by Crippen LogP contribution is 2.19. The van der Waals surface area contributed by atoms with Crippen LogP contribution in [0.5, 0.6) is 5.75 Å². The van der Waals surface area contributed by atoms with E-state index in [2.05, 4.69) is 25.5 Å². The second-order valence-corrected chi connectivity index (χ2v) is 6.37. The summed E-state index contributed by atoms with van der Waals surface area (Å²) in [7, 11) is 1.33. The van der Waals surface area contributed by atoms with Crippen molar-refractivity contribution in [2.45, 2.75) is 25.5 Å². The van der Waals surface area contributed by atoms with Gasteiger partial charge in [0, 0.05) is 6.54 Å². The van der Waals surface area contributed by atoms with E-state index in [0.29, 0.717) is 23.0 Å². The molecule has 1 aromatic carbocycles. The number of benzene rings is 1. The minimum absolute atomic E-state index is 0.0847. The normalized spacial score (nSPS) is 16.7. The number of nitrogens with zero attached hydrogens (tertiary/aromatic N) is 5. The Morgan fingerprint density at radius 2 is 2.36 bits per heavy atom. The number of ether oxygens (including phenoxy) is 2. The lowest BCUT2D eigenvalue weighted by Crippen LogP contribution is -2.31. The number of hydrogen-bond acceptors (Lipinski definition) is 9. The Balaban J connectivity index is 1.40. The Hall–Kier alpha value is -3.27. The predicted molar refractivity (Wildman–Crippen MR) is 96.6 cm³/mol. The highest BCUT2D eigenvalue weighted by atomic mass is 16.5. The molecule has 1 atom stereocenters. The molecule has 1 saturated heterocycles. The molecule has 146 valence electrons. The summed E-state index contributed by atoms with van der Waals surface area (Å²) in [4.78, 5) is 20.1. The molecule has 1 unspecified atom stereocenters. The number of piperidine rings is 1. The van der Waals surface area contributed by atoms with Gasteiger partial charge < -0.3 is 19.3 Å². The van der Waals surface area contributed by atoms with Crippen LogP contribution in [0, 0.1) is 0 Å². The molecule has 10 heteroatoms. The molecular weight excluding hydrogens is 364 g/mol. The quantitative estimate of drug-likeness (QED) is 0.633. The third-order valence-electron chi connectivity index (χ3n) is 4.44. The van der Waals surface area contributed by atoms with E-state index in [1.54, 1.807) is 30.6 Å². The van der Waals surface area contributed by atoms with E-state index in [1.165, 1.54) is 7.11 Å². The maximum Gasteiger partial charge on any atom is 0.337 e. The van der Waals surface area contributed by atoms with Crippen LogP contribution in [0.1, 0.15) is 35.1 Å². The van der Waals surface area contributed by atoms with Crippen molar-refractivity contribution in [2.24, 2.45) is 0 Å². The first-order chi connectivity index (χ1) is 13.7. The zero-order valence-electron chi connectivity index (χ0n) is 15.4. The third kappa shape index (κ3) is 4.01. The van der Waals surface area contributed by atoms with Crippen molar-refractivity contribution in [3.05, 3.63) is 42.0 Å². The van der Waals surface area contributed by atoms with Crippen LogP contribution in [0.2, 0.25) is 0 Å². The highest BCUT2D eigenvalue weighted by molar-refractivity contribution is 5.89. The molecule has 1 aliphatic heterocycles. The van der Waals surface area contributed by atoms with Crippen molar-refractivity contribution in [3.8, 4) is 17.5 Å². The zero-order chi connectivity index (χ0) is 19.3. The number of esters is 1. The topological polar surface area (TPSA) is 117 Å². The molecule has 0 aliphatic carbocycles. The molecule has 0 bridgehead atoms. The van der Waals surface area contributed by atoms with Crippen LogP contribution in [0.25, 0.3) is 11.7 Å². The average Bonchev–Trinajstić information content (AvgIpc) is 3.42. The molecule has 0 saturated carbocycles. The Bertz CT molecular complexity index is 947. The SMILES string of the molecule is COC(=O)c1cccc(OCc2noc(-c3ncn(C4CCCNC4)n3)n2)c1. The summed E-state index contributed by atoms with van der Waals surface area (Å²) in [6.45, 7) is 1.99. The van der Waals surface area contributed by atoms with Gasteiger partial charge in [-0.25, -0.2) is 14.5 Å². The molecule has 2 aromatic heterocycles. The standard InChI is InChI=1S/C18H20N6O4/c1-26-18(25)12-4-2-6-14(8-12)27-10-15-21-17(28-23-15)16-20-11-24(22-16)13-5-3-7-19-9-13/h2,4,6,8,11,13,19H,3,5,7,9-10H2,1H3. The second-order valence-electron chi connectivity index (χ2n) is 6.37. The van der Waals surface area contributed by atoms with E-state index >= 15 is 0 Å². The smallest absolute Gasteiger partial charge is 0.337 e. The van der Waals surface area contributed by atoms with Crippen LogP contribution in [0.15, 0.2) is 35.1 Å². The van der Waals surface area contributed by atoms with E-state index in [4.69, 9.17) is 14.0 Å². The molecule has 4 rings (SSSR count). The van der Waals surface area contributed by atoms with Crippen LogP contribution in [0.3, 0.4) is 0 Å². The van der Waals surface area contributed by atoms with Gasteiger partial charge in [-0.15, -0.1) is 5.10 Å². The van der Waals surface area contributed by atoms with E-state index in [0.717, 1.165) is 25.9 Å². The number of carbonyl (C=O) groups excluding carboxylic acids is 1. The lowest BCUT2D eigenvalue weighted by atomic mass is 10.1. The molecular formula is C18H20N6O4. The van der Waals surface area contributed by atoms with Gasteiger partial charge in [-0.1, -0.05) is 11.2 Å². The van der Waals surface area contributed by atoms with Crippen molar-refractivity contribution < 1.29 is 18.8 Å². The van der Waals surface area contributed by atoms with Crippen LogP contribution >= 0.6 is 0 Å². The maximum atomic E-state index is 11.6. The van der Waals surface area contributed by atoms with Crippen LogP contribution in [-0.2, 0) is 11.3 Å². The molecule has 1 fully saturated rings. The largest absolute Gasteiger partial charge is 0.485 e. The lowest BCUT2D eigenvalue weighted by Gasteiger charge is -2.22.